The number of rotatable bonds is 7. The third kappa shape index (κ3) is 5.52. The van der Waals surface area contributed by atoms with Crippen LogP contribution in [0.25, 0.3) is 11.1 Å². The number of aliphatic carboxylic acids is 1. The van der Waals surface area contributed by atoms with Gasteiger partial charge in [-0.05, 0) is 61.9 Å². The first kappa shape index (κ1) is 22.1. The fourth-order valence-electron chi connectivity index (χ4n) is 2.62. The number of nitrogens with zero attached hydrogens (tertiary/aromatic N) is 1. The molecule has 1 heterocycles. The van der Waals surface area contributed by atoms with Gasteiger partial charge in [-0.15, -0.1) is 0 Å². The third-order valence-electron chi connectivity index (χ3n) is 4.57. The molecule has 160 valence electrons. The van der Waals surface area contributed by atoms with Crippen molar-refractivity contribution in [2.24, 2.45) is 5.41 Å². The monoisotopic (exact) mass is 440 g/mol. The number of pyridine rings is 1. The second-order valence-electron chi connectivity index (χ2n) is 7.55. The number of nitrogens with one attached hydrogen (secondary N) is 1. The standard InChI is InChI=1S/C23H21ClN2O5/c1-23(2,22(29)30)13-26-21(28)20-19(27)11-15(12-25-20)14-4-3-5-18(10-14)31-17-8-6-16(24)7-9-17/h3-12,27H,13H2,1-2H3,(H,26,28)(H,29,30). The first-order valence-electron chi connectivity index (χ1n) is 9.40. The van der Waals surface area contributed by atoms with E-state index < -0.39 is 17.3 Å². The van der Waals surface area contributed by atoms with Crippen LogP contribution < -0.4 is 10.1 Å². The molecule has 0 saturated carbocycles. The van der Waals surface area contributed by atoms with Crippen LogP contribution in [0.3, 0.4) is 0 Å². The quantitative estimate of drug-likeness (QED) is 0.489. The zero-order valence-corrected chi connectivity index (χ0v) is 17.7. The molecule has 7 nitrogen and oxygen atoms in total. The Morgan fingerprint density at radius 3 is 2.42 bits per heavy atom. The number of carboxylic acid groups (broad SMARTS) is 1. The fourth-order valence-corrected chi connectivity index (χ4v) is 2.75. The van der Waals surface area contributed by atoms with Gasteiger partial charge in [0.15, 0.2) is 5.69 Å². The molecule has 3 N–H and O–H groups in total. The topological polar surface area (TPSA) is 109 Å². The highest BCUT2D eigenvalue weighted by Crippen LogP contribution is 2.30. The Kier molecular flexibility index (Phi) is 6.46. The van der Waals surface area contributed by atoms with E-state index in [1.165, 1.54) is 26.1 Å². The highest BCUT2D eigenvalue weighted by Gasteiger charge is 2.28. The average molecular weight is 441 g/mol. The van der Waals surface area contributed by atoms with Crippen LogP contribution in [-0.2, 0) is 4.79 Å². The first-order chi connectivity index (χ1) is 14.7. The Morgan fingerprint density at radius 1 is 1.06 bits per heavy atom. The zero-order chi connectivity index (χ0) is 22.6. The second-order valence-corrected chi connectivity index (χ2v) is 7.98. The van der Waals surface area contributed by atoms with E-state index in [-0.39, 0.29) is 18.0 Å². The molecule has 3 rings (SSSR count). The molecule has 0 aliphatic heterocycles. The molecule has 0 atom stereocenters. The van der Waals surface area contributed by atoms with Crippen molar-refractivity contribution >= 4 is 23.5 Å². The van der Waals surface area contributed by atoms with Gasteiger partial charge in [0, 0.05) is 23.3 Å². The number of hydrogen-bond acceptors (Lipinski definition) is 5. The number of aromatic nitrogens is 1. The van der Waals surface area contributed by atoms with Gasteiger partial charge in [-0.25, -0.2) is 4.98 Å². The molecule has 0 aliphatic rings. The summed E-state index contributed by atoms with van der Waals surface area (Å²) in [5.74, 6) is -0.803. The van der Waals surface area contributed by atoms with E-state index in [9.17, 15) is 14.7 Å². The summed E-state index contributed by atoms with van der Waals surface area (Å²) in [4.78, 5) is 27.5. The number of carbonyl (C=O) groups is 2. The van der Waals surface area contributed by atoms with Crippen molar-refractivity contribution in [3.8, 4) is 28.4 Å². The van der Waals surface area contributed by atoms with Crippen LogP contribution in [0.5, 0.6) is 17.2 Å². The Morgan fingerprint density at radius 2 is 1.77 bits per heavy atom. The van der Waals surface area contributed by atoms with Gasteiger partial charge in [0.25, 0.3) is 5.91 Å². The van der Waals surface area contributed by atoms with Crippen molar-refractivity contribution in [3.05, 3.63) is 71.5 Å². The number of amides is 1. The lowest BCUT2D eigenvalue weighted by Gasteiger charge is -2.19. The summed E-state index contributed by atoms with van der Waals surface area (Å²) in [5.41, 5.74) is -0.0105. The molecule has 2 aromatic carbocycles. The molecule has 0 unspecified atom stereocenters. The van der Waals surface area contributed by atoms with Crippen molar-refractivity contribution in [1.82, 2.24) is 10.3 Å². The smallest absolute Gasteiger partial charge is 0.310 e. The van der Waals surface area contributed by atoms with E-state index in [2.05, 4.69) is 10.3 Å². The van der Waals surface area contributed by atoms with E-state index >= 15 is 0 Å². The number of carbonyl (C=O) groups excluding carboxylic acids is 1. The lowest BCUT2D eigenvalue weighted by Crippen LogP contribution is -2.39. The van der Waals surface area contributed by atoms with E-state index in [4.69, 9.17) is 21.4 Å². The zero-order valence-electron chi connectivity index (χ0n) is 16.9. The average Bonchev–Trinajstić information content (AvgIpc) is 2.74. The Balaban J connectivity index is 1.75. The maximum absolute atomic E-state index is 12.3. The Hall–Kier alpha value is -3.58. The van der Waals surface area contributed by atoms with Gasteiger partial charge in [0.05, 0.1) is 5.41 Å². The largest absolute Gasteiger partial charge is 0.505 e. The van der Waals surface area contributed by atoms with Crippen LogP contribution in [-0.4, -0.2) is 33.6 Å². The minimum Gasteiger partial charge on any atom is -0.505 e. The summed E-state index contributed by atoms with van der Waals surface area (Å²) in [7, 11) is 0. The van der Waals surface area contributed by atoms with Crippen LogP contribution >= 0.6 is 11.6 Å². The molecular formula is C23H21ClN2O5. The second kappa shape index (κ2) is 9.06. The number of carboxylic acids is 1. The molecule has 8 heteroatoms. The fraction of sp³-hybridized carbons (Fsp3) is 0.174. The van der Waals surface area contributed by atoms with Gasteiger partial charge < -0.3 is 20.3 Å². The minimum absolute atomic E-state index is 0.103. The predicted molar refractivity (Wildman–Crippen MR) is 117 cm³/mol. The highest BCUT2D eigenvalue weighted by molar-refractivity contribution is 6.30. The number of halogens is 1. The van der Waals surface area contributed by atoms with Gasteiger partial charge in [0.1, 0.15) is 17.2 Å². The molecule has 31 heavy (non-hydrogen) atoms. The van der Waals surface area contributed by atoms with Crippen LogP contribution in [0.15, 0.2) is 60.8 Å². The summed E-state index contributed by atoms with van der Waals surface area (Å²) >= 11 is 5.88. The number of benzene rings is 2. The predicted octanol–water partition coefficient (Wildman–Crippen LogP) is 4.74. The maximum atomic E-state index is 12.3. The van der Waals surface area contributed by atoms with Crippen LogP contribution in [0.4, 0.5) is 0 Å². The molecule has 0 spiro atoms. The molecule has 1 aromatic heterocycles. The number of aromatic hydroxyl groups is 1. The summed E-state index contributed by atoms with van der Waals surface area (Å²) in [6.45, 7) is 2.88. The normalized spacial score (nSPS) is 11.1. The van der Waals surface area contributed by atoms with Crippen LogP contribution in [0, 0.1) is 5.41 Å². The van der Waals surface area contributed by atoms with Gasteiger partial charge in [0.2, 0.25) is 0 Å². The molecule has 3 aromatic rings. The van der Waals surface area contributed by atoms with Crippen LogP contribution in [0.2, 0.25) is 5.02 Å². The van der Waals surface area contributed by atoms with Crippen molar-refractivity contribution in [3.63, 3.8) is 0 Å². The molecule has 0 radical (unpaired) electrons. The Labute approximate surface area is 184 Å². The number of hydrogen-bond donors (Lipinski definition) is 3. The van der Waals surface area contributed by atoms with E-state index in [1.54, 1.807) is 42.5 Å². The molecule has 0 aliphatic carbocycles. The summed E-state index contributed by atoms with van der Waals surface area (Å²) in [6.07, 6.45) is 1.46. The van der Waals surface area contributed by atoms with Gasteiger partial charge >= 0.3 is 5.97 Å². The number of ether oxygens (including phenoxy) is 1. The third-order valence-corrected chi connectivity index (χ3v) is 4.82. The lowest BCUT2D eigenvalue weighted by atomic mass is 9.94. The summed E-state index contributed by atoms with van der Waals surface area (Å²) in [5, 5.41) is 22.5. The summed E-state index contributed by atoms with van der Waals surface area (Å²) in [6, 6.07) is 15.6. The highest BCUT2D eigenvalue weighted by atomic mass is 35.5. The van der Waals surface area contributed by atoms with Gasteiger partial charge in [-0.2, -0.15) is 0 Å². The molecule has 0 bridgehead atoms. The molecule has 0 fully saturated rings. The SMILES string of the molecule is CC(C)(CNC(=O)c1ncc(-c2cccc(Oc3ccc(Cl)cc3)c2)cc1O)C(=O)O. The minimum atomic E-state index is -1.14. The lowest BCUT2D eigenvalue weighted by molar-refractivity contribution is -0.146. The van der Waals surface area contributed by atoms with Crippen molar-refractivity contribution in [2.75, 3.05) is 6.54 Å². The Bertz CT molecular complexity index is 1110. The maximum Gasteiger partial charge on any atom is 0.310 e. The molecular weight excluding hydrogens is 420 g/mol. The summed E-state index contributed by atoms with van der Waals surface area (Å²) < 4.78 is 5.82. The van der Waals surface area contributed by atoms with Crippen molar-refractivity contribution in [2.45, 2.75) is 13.8 Å². The van der Waals surface area contributed by atoms with Crippen LogP contribution in [0.1, 0.15) is 24.3 Å². The molecule has 1 amide bonds. The van der Waals surface area contributed by atoms with Gasteiger partial charge in [-0.1, -0.05) is 23.7 Å². The van der Waals surface area contributed by atoms with E-state index in [0.717, 1.165) is 5.56 Å². The molecule has 0 saturated heterocycles. The van der Waals surface area contributed by atoms with E-state index in [0.29, 0.717) is 22.1 Å². The van der Waals surface area contributed by atoms with Crippen molar-refractivity contribution in [1.29, 1.82) is 0 Å². The van der Waals surface area contributed by atoms with E-state index in [1.807, 2.05) is 6.07 Å². The van der Waals surface area contributed by atoms with Gasteiger partial charge in [-0.3, -0.25) is 9.59 Å². The van der Waals surface area contributed by atoms with Crippen molar-refractivity contribution < 1.29 is 24.5 Å². The first-order valence-corrected chi connectivity index (χ1v) is 9.78.